The number of hydrogen-bond donors (Lipinski definition) is 1. The molecular weight excluding hydrogens is 247 g/mol. The van der Waals surface area contributed by atoms with E-state index in [2.05, 4.69) is 4.90 Å². The van der Waals surface area contributed by atoms with Gasteiger partial charge in [-0.25, -0.2) is 4.39 Å². The van der Waals surface area contributed by atoms with Gasteiger partial charge in [-0.05, 0) is 30.7 Å². The highest BCUT2D eigenvalue weighted by Crippen LogP contribution is 2.12. The Kier molecular flexibility index (Phi) is 4.17. The monoisotopic (exact) mass is 266 g/mol. The van der Waals surface area contributed by atoms with Crippen molar-refractivity contribution in [3.8, 4) is 0 Å². The molecule has 1 aliphatic rings. The summed E-state index contributed by atoms with van der Waals surface area (Å²) >= 11 is 0. The Hall–Kier alpha value is -1.46. The quantitative estimate of drug-likeness (QED) is 0.880. The van der Waals surface area contributed by atoms with E-state index >= 15 is 0 Å². The molecular formula is C14H19FN2O2. The maximum atomic E-state index is 13.2. The first-order valence-corrected chi connectivity index (χ1v) is 6.39. The van der Waals surface area contributed by atoms with Gasteiger partial charge in [0.15, 0.2) is 0 Å². The molecule has 5 heteroatoms. The maximum Gasteiger partial charge on any atom is 0.253 e. The van der Waals surface area contributed by atoms with Crippen LogP contribution in [0.3, 0.4) is 0 Å². The van der Waals surface area contributed by atoms with E-state index in [-0.39, 0.29) is 17.8 Å². The van der Waals surface area contributed by atoms with Gasteiger partial charge in [0.05, 0.1) is 6.10 Å². The lowest BCUT2D eigenvalue weighted by molar-refractivity contribution is -0.000817. The minimum Gasteiger partial charge on any atom is -0.390 e. The average molecular weight is 266 g/mol. The van der Waals surface area contributed by atoms with E-state index in [4.69, 9.17) is 5.11 Å². The predicted octanol–water partition coefficient (Wildman–Crippen LogP) is 0.883. The Morgan fingerprint density at radius 3 is 2.79 bits per heavy atom. The van der Waals surface area contributed by atoms with Gasteiger partial charge in [-0.1, -0.05) is 0 Å². The van der Waals surface area contributed by atoms with Crippen molar-refractivity contribution in [3.63, 3.8) is 0 Å². The van der Waals surface area contributed by atoms with Crippen LogP contribution in [0.1, 0.15) is 15.9 Å². The second kappa shape index (κ2) is 5.67. The van der Waals surface area contributed by atoms with Gasteiger partial charge in [-0.3, -0.25) is 9.69 Å². The van der Waals surface area contributed by atoms with Crippen LogP contribution in [0.25, 0.3) is 0 Å². The van der Waals surface area contributed by atoms with Crippen molar-refractivity contribution in [2.75, 3.05) is 33.2 Å². The van der Waals surface area contributed by atoms with E-state index in [1.54, 1.807) is 24.9 Å². The molecule has 0 atom stereocenters. The van der Waals surface area contributed by atoms with Crippen LogP contribution in [0.2, 0.25) is 0 Å². The van der Waals surface area contributed by atoms with Gasteiger partial charge >= 0.3 is 0 Å². The molecule has 4 nitrogen and oxygen atoms in total. The van der Waals surface area contributed by atoms with E-state index in [9.17, 15) is 9.18 Å². The Bertz CT molecular complexity index is 473. The first-order valence-electron chi connectivity index (χ1n) is 6.39. The number of rotatable bonds is 4. The fraction of sp³-hybridized carbons (Fsp3) is 0.500. The molecule has 19 heavy (non-hydrogen) atoms. The summed E-state index contributed by atoms with van der Waals surface area (Å²) in [6.45, 7) is 4.35. The van der Waals surface area contributed by atoms with E-state index in [0.717, 1.165) is 6.54 Å². The van der Waals surface area contributed by atoms with Gasteiger partial charge in [-0.15, -0.1) is 0 Å². The number of benzene rings is 1. The maximum absolute atomic E-state index is 13.2. The Labute approximate surface area is 112 Å². The fourth-order valence-electron chi connectivity index (χ4n) is 2.12. The van der Waals surface area contributed by atoms with Crippen LogP contribution in [0.4, 0.5) is 4.39 Å². The number of likely N-dealkylation sites (tertiary alicyclic amines) is 1. The minimum atomic E-state index is -0.297. The van der Waals surface area contributed by atoms with Gasteiger partial charge in [0.2, 0.25) is 0 Å². The van der Waals surface area contributed by atoms with Crippen molar-refractivity contribution in [2.24, 2.45) is 0 Å². The zero-order valence-electron chi connectivity index (χ0n) is 11.3. The second-order valence-electron chi connectivity index (χ2n) is 5.10. The number of nitrogens with zero attached hydrogens (tertiary/aromatic N) is 2. The van der Waals surface area contributed by atoms with E-state index < -0.39 is 0 Å². The van der Waals surface area contributed by atoms with Crippen molar-refractivity contribution < 1.29 is 14.3 Å². The number of aryl methyl sites for hydroxylation is 1. The Balaban J connectivity index is 1.89. The molecule has 1 saturated heterocycles. The van der Waals surface area contributed by atoms with Crippen LogP contribution in [-0.2, 0) is 0 Å². The van der Waals surface area contributed by atoms with Gasteiger partial charge in [0.1, 0.15) is 5.82 Å². The standard InChI is InChI=1S/C14H19FN2O2/c1-10-7-11(3-4-13(10)15)14(19)16(2)5-6-17-8-12(18)9-17/h3-4,7,12,18H,5-6,8-9H2,1-2H3. The van der Waals surface area contributed by atoms with Crippen LogP contribution in [0.15, 0.2) is 18.2 Å². The number of halogens is 1. The van der Waals surface area contributed by atoms with Crippen molar-refractivity contribution in [1.82, 2.24) is 9.80 Å². The molecule has 0 saturated carbocycles. The van der Waals surface area contributed by atoms with E-state index in [0.29, 0.717) is 30.8 Å². The number of carbonyl (C=O) groups is 1. The molecule has 0 aromatic heterocycles. The normalized spacial score (nSPS) is 16.2. The predicted molar refractivity (Wildman–Crippen MR) is 70.5 cm³/mol. The van der Waals surface area contributed by atoms with Crippen molar-refractivity contribution in [1.29, 1.82) is 0 Å². The van der Waals surface area contributed by atoms with Crippen LogP contribution in [0.5, 0.6) is 0 Å². The summed E-state index contributed by atoms with van der Waals surface area (Å²) < 4.78 is 13.2. The molecule has 1 aromatic rings. The summed E-state index contributed by atoms with van der Waals surface area (Å²) in [7, 11) is 1.73. The SMILES string of the molecule is Cc1cc(C(=O)N(C)CCN2CC(O)C2)ccc1F. The number of carbonyl (C=O) groups excluding carboxylic acids is 1. The van der Waals surface area contributed by atoms with Gasteiger partial charge in [0, 0.05) is 38.8 Å². The fourth-order valence-corrected chi connectivity index (χ4v) is 2.12. The lowest BCUT2D eigenvalue weighted by atomic mass is 10.1. The molecule has 0 radical (unpaired) electrons. The number of aliphatic hydroxyl groups is 1. The van der Waals surface area contributed by atoms with Crippen LogP contribution in [-0.4, -0.2) is 60.1 Å². The van der Waals surface area contributed by atoms with Gasteiger partial charge < -0.3 is 10.0 Å². The molecule has 1 fully saturated rings. The first kappa shape index (κ1) is 14.0. The van der Waals surface area contributed by atoms with E-state index in [1.807, 2.05) is 0 Å². The largest absolute Gasteiger partial charge is 0.390 e. The minimum absolute atomic E-state index is 0.107. The Morgan fingerprint density at radius 2 is 2.21 bits per heavy atom. The van der Waals surface area contributed by atoms with Gasteiger partial charge in [-0.2, -0.15) is 0 Å². The third-order valence-corrected chi connectivity index (χ3v) is 3.44. The molecule has 0 unspecified atom stereocenters. The molecule has 104 valence electrons. The molecule has 1 amide bonds. The van der Waals surface area contributed by atoms with Crippen molar-refractivity contribution in [2.45, 2.75) is 13.0 Å². The first-order chi connectivity index (χ1) is 8.97. The average Bonchev–Trinajstić information content (AvgIpc) is 2.35. The third-order valence-electron chi connectivity index (χ3n) is 3.44. The molecule has 2 rings (SSSR count). The third kappa shape index (κ3) is 3.30. The van der Waals surface area contributed by atoms with Crippen LogP contribution < -0.4 is 0 Å². The number of β-amino-alcohol motifs (C(OH)–C–C–N with tert-alkyl or cyclic N) is 1. The van der Waals surface area contributed by atoms with Gasteiger partial charge in [0.25, 0.3) is 5.91 Å². The van der Waals surface area contributed by atoms with Crippen LogP contribution >= 0.6 is 0 Å². The molecule has 0 aliphatic carbocycles. The highest BCUT2D eigenvalue weighted by atomic mass is 19.1. The molecule has 1 N–H and O–H groups in total. The summed E-state index contributed by atoms with van der Waals surface area (Å²) in [6, 6.07) is 4.40. The summed E-state index contributed by atoms with van der Waals surface area (Å²) in [5.41, 5.74) is 0.982. The summed E-state index contributed by atoms with van der Waals surface area (Å²) in [5.74, 6) is -0.405. The molecule has 0 bridgehead atoms. The number of amides is 1. The lowest BCUT2D eigenvalue weighted by Gasteiger charge is -2.36. The molecule has 1 heterocycles. The zero-order chi connectivity index (χ0) is 14.0. The van der Waals surface area contributed by atoms with E-state index in [1.165, 1.54) is 12.1 Å². The smallest absolute Gasteiger partial charge is 0.253 e. The highest BCUT2D eigenvalue weighted by Gasteiger charge is 2.24. The summed E-state index contributed by atoms with van der Waals surface area (Å²) in [5, 5.41) is 9.17. The second-order valence-corrected chi connectivity index (χ2v) is 5.10. The molecule has 1 aromatic carbocycles. The summed E-state index contributed by atoms with van der Waals surface area (Å²) in [6.07, 6.45) is -0.222. The Morgan fingerprint density at radius 1 is 1.53 bits per heavy atom. The van der Waals surface area contributed by atoms with Crippen molar-refractivity contribution in [3.05, 3.63) is 35.1 Å². The number of likely N-dealkylation sites (N-methyl/N-ethyl adjacent to an activating group) is 1. The number of hydrogen-bond acceptors (Lipinski definition) is 3. The summed E-state index contributed by atoms with van der Waals surface area (Å²) in [4.78, 5) is 15.8. The van der Waals surface area contributed by atoms with Crippen molar-refractivity contribution >= 4 is 5.91 Å². The molecule has 1 aliphatic heterocycles. The molecule has 0 spiro atoms. The lowest BCUT2D eigenvalue weighted by Crippen LogP contribution is -2.52. The number of aliphatic hydroxyl groups excluding tert-OH is 1. The van der Waals surface area contributed by atoms with Crippen LogP contribution in [0, 0.1) is 12.7 Å². The zero-order valence-corrected chi connectivity index (χ0v) is 11.3. The topological polar surface area (TPSA) is 43.8 Å². The highest BCUT2D eigenvalue weighted by molar-refractivity contribution is 5.94.